The zero-order valence-corrected chi connectivity index (χ0v) is 16.3. The molecule has 0 amide bonds. The predicted molar refractivity (Wildman–Crippen MR) is 105 cm³/mol. The van der Waals surface area contributed by atoms with E-state index in [1.54, 1.807) is 0 Å². The Balaban J connectivity index is 2.61. The van der Waals surface area contributed by atoms with Crippen molar-refractivity contribution in [1.29, 1.82) is 0 Å². The summed E-state index contributed by atoms with van der Waals surface area (Å²) in [5, 5.41) is 0. The Morgan fingerprint density at radius 2 is 1.09 bits per heavy atom. The highest BCUT2D eigenvalue weighted by atomic mass is 14.3. The fourth-order valence-corrected chi connectivity index (χ4v) is 3.83. The van der Waals surface area contributed by atoms with Gasteiger partial charge in [0.2, 0.25) is 0 Å². The first kappa shape index (κ1) is 20.3. The van der Waals surface area contributed by atoms with Crippen molar-refractivity contribution in [3.63, 3.8) is 0 Å². The molecule has 0 heterocycles. The molecule has 0 aliphatic heterocycles. The quantitative estimate of drug-likeness (QED) is 0.347. The van der Waals surface area contributed by atoms with Crippen molar-refractivity contribution in [2.24, 2.45) is 5.41 Å². The lowest BCUT2D eigenvalue weighted by atomic mass is 9.71. The second-order valence-electron chi connectivity index (χ2n) is 7.65. The van der Waals surface area contributed by atoms with Crippen molar-refractivity contribution in [3.8, 4) is 0 Å². The molecule has 1 aromatic carbocycles. The Labute approximate surface area is 146 Å². The number of hydrogen-bond acceptors (Lipinski definition) is 0. The molecule has 0 N–H and O–H groups in total. The molecule has 0 spiro atoms. The molecule has 0 saturated carbocycles. The van der Waals surface area contributed by atoms with Crippen LogP contribution >= 0.6 is 0 Å². The van der Waals surface area contributed by atoms with E-state index in [1.807, 2.05) is 0 Å². The average Bonchev–Trinajstić information content (AvgIpc) is 2.57. The van der Waals surface area contributed by atoms with Gasteiger partial charge in [0.25, 0.3) is 0 Å². The van der Waals surface area contributed by atoms with Gasteiger partial charge in [0.15, 0.2) is 0 Å². The SMILES string of the molecule is CCCCC(CCCC)(CCCC)CCCc1ccc(C)cc1. The fourth-order valence-electron chi connectivity index (χ4n) is 3.83. The van der Waals surface area contributed by atoms with Gasteiger partial charge in [0.05, 0.1) is 0 Å². The minimum absolute atomic E-state index is 0.632. The van der Waals surface area contributed by atoms with Crippen LogP contribution in [0.5, 0.6) is 0 Å². The molecule has 1 aromatic rings. The molecule has 0 aliphatic carbocycles. The van der Waals surface area contributed by atoms with Gasteiger partial charge in [-0.1, -0.05) is 89.1 Å². The molecule has 23 heavy (non-hydrogen) atoms. The molecule has 1 rings (SSSR count). The molecule has 0 bridgehead atoms. The Morgan fingerprint density at radius 1 is 0.652 bits per heavy atom. The molecular formula is C23H40. The topological polar surface area (TPSA) is 0 Å². The summed E-state index contributed by atoms with van der Waals surface area (Å²) in [4.78, 5) is 0. The van der Waals surface area contributed by atoms with Crippen LogP contribution in [0.15, 0.2) is 24.3 Å². The predicted octanol–water partition coefficient (Wildman–Crippen LogP) is 7.87. The van der Waals surface area contributed by atoms with Crippen LogP contribution < -0.4 is 0 Å². The second kappa shape index (κ2) is 11.7. The van der Waals surface area contributed by atoms with Crippen LogP contribution in [0.1, 0.15) is 103 Å². The molecule has 132 valence electrons. The minimum atomic E-state index is 0.632. The summed E-state index contributed by atoms with van der Waals surface area (Å²) in [6.07, 6.45) is 16.7. The van der Waals surface area contributed by atoms with Gasteiger partial charge < -0.3 is 0 Å². The number of aryl methyl sites for hydroxylation is 2. The highest BCUT2D eigenvalue weighted by Crippen LogP contribution is 2.41. The van der Waals surface area contributed by atoms with Crippen LogP contribution in [0, 0.1) is 12.3 Å². The van der Waals surface area contributed by atoms with Crippen molar-refractivity contribution in [1.82, 2.24) is 0 Å². The summed E-state index contributed by atoms with van der Waals surface area (Å²) in [7, 11) is 0. The van der Waals surface area contributed by atoms with Gasteiger partial charge in [-0.15, -0.1) is 0 Å². The molecule has 0 nitrogen and oxygen atoms in total. The van der Waals surface area contributed by atoms with Gasteiger partial charge >= 0.3 is 0 Å². The van der Waals surface area contributed by atoms with Crippen molar-refractivity contribution in [2.75, 3.05) is 0 Å². The Hall–Kier alpha value is -0.780. The van der Waals surface area contributed by atoms with Crippen LogP contribution in [0.3, 0.4) is 0 Å². The van der Waals surface area contributed by atoms with Crippen LogP contribution in [0.2, 0.25) is 0 Å². The maximum Gasteiger partial charge on any atom is -0.0279 e. The first-order valence-corrected chi connectivity index (χ1v) is 10.2. The fraction of sp³-hybridized carbons (Fsp3) is 0.739. The summed E-state index contributed by atoms with van der Waals surface area (Å²) in [5.74, 6) is 0. The lowest BCUT2D eigenvalue weighted by Gasteiger charge is -2.35. The van der Waals surface area contributed by atoms with Crippen LogP contribution in [-0.2, 0) is 6.42 Å². The van der Waals surface area contributed by atoms with E-state index in [0.717, 1.165) is 0 Å². The van der Waals surface area contributed by atoms with E-state index < -0.39 is 0 Å². The average molecular weight is 317 g/mol. The molecule has 0 atom stereocenters. The summed E-state index contributed by atoms with van der Waals surface area (Å²) < 4.78 is 0. The molecular weight excluding hydrogens is 276 g/mol. The molecule has 0 unspecified atom stereocenters. The first-order valence-electron chi connectivity index (χ1n) is 10.2. The summed E-state index contributed by atoms with van der Waals surface area (Å²) in [5.41, 5.74) is 3.52. The molecule has 0 heteroatoms. The number of rotatable bonds is 13. The van der Waals surface area contributed by atoms with E-state index >= 15 is 0 Å². The summed E-state index contributed by atoms with van der Waals surface area (Å²) in [6.45, 7) is 9.21. The lowest BCUT2D eigenvalue weighted by molar-refractivity contribution is 0.178. The Morgan fingerprint density at radius 3 is 1.52 bits per heavy atom. The highest BCUT2D eigenvalue weighted by molar-refractivity contribution is 5.21. The van der Waals surface area contributed by atoms with Gasteiger partial charge in [0, 0.05) is 0 Å². The monoisotopic (exact) mass is 316 g/mol. The number of benzene rings is 1. The third-order valence-electron chi connectivity index (χ3n) is 5.48. The Kier molecular flexibility index (Phi) is 10.3. The Bertz CT molecular complexity index is 365. The number of unbranched alkanes of at least 4 members (excludes halogenated alkanes) is 3. The molecule has 0 aliphatic rings. The van der Waals surface area contributed by atoms with Gasteiger partial charge in [-0.2, -0.15) is 0 Å². The van der Waals surface area contributed by atoms with E-state index in [2.05, 4.69) is 52.0 Å². The van der Waals surface area contributed by atoms with Gasteiger partial charge in [-0.3, -0.25) is 0 Å². The normalized spacial score (nSPS) is 11.8. The van der Waals surface area contributed by atoms with Crippen molar-refractivity contribution in [3.05, 3.63) is 35.4 Å². The summed E-state index contributed by atoms with van der Waals surface area (Å²) in [6, 6.07) is 9.16. The zero-order chi connectivity index (χ0) is 17.0. The minimum Gasteiger partial charge on any atom is -0.0654 e. The van der Waals surface area contributed by atoms with Crippen LogP contribution in [-0.4, -0.2) is 0 Å². The van der Waals surface area contributed by atoms with E-state index in [9.17, 15) is 0 Å². The van der Waals surface area contributed by atoms with E-state index in [-0.39, 0.29) is 0 Å². The standard InChI is InChI=1S/C23H40/c1-5-8-17-23(18-9-6-2,19-10-7-3)20-11-12-22-15-13-21(4)14-16-22/h13-16H,5-12,17-20H2,1-4H3. The van der Waals surface area contributed by atoms with Crippen LogP contribution in [0.4, 0.5) is 0 Å². The van der Waals surface area contributed by atoms with E-state index in [4.69, 9.17) is 0 Å². The third kappa shape index (κ3) is 8.04. The van der Waals surface area contributed by atoms with Gasteiger partial charge in [-0.25, -0.2) is 0 Å². The molecule has 0 fully saturated rings. The largest absolute Gasteiger partial charge is 0.0654 e. The van der Waals surface area contributed by atoms with Crippen molar-refractivity contribution in [2.45, 2.75) is 105 Å². The van der Waals surface area contributed by atoms with E-state index in [0.29, 0.717) is 5.41 Å². The first-order chi connectivity index (χ1) is 11.2. The maximum absolute atomic E-state index is 2.34. The van der Waals surface area contributed by atoms with Gasteiger partial charge in [0.1, 0.15) is 0 Å². The zero-order valence-electron chi connectivity index (χ0n) is 16.3. The van der Waals surface area contributed by atoms with Crippen molar-refractivity contribution < 1.29 is 0 Å². The summed E-state index contributed by atoms with van der Waals surface area (Å²) >= 11 is 0. The molecule has 0 radical (unpaired) electrons. The highest BCUT2D eigenvalue weighted by Gasteiger charge is 2.27. The van der Waals surface area contributed by atoms with Gasteiger partial charge in [-0.05, 0) is 56.4 Å². The number of hydrogen-bond donors (Lipinski definition) is 0. The van der Waals surface area contributed by atoms with Crippen molar-refractivity contribution >= 4 is 0 Å². The second-order valence-corrected chi connectivity index (χ2v) is 7.65. The molecule has 0 saturated heterocycles. The smallest absolute Gasteiger partial charge is 0.0279 e. The molecule has 0 aromatic heterocycles. The van der Waals surface area contributed by atoms with E-state index in [1.165, 1.54) is 88.2 Å². The van der Waals surface area contributed by atoms with Crippen LogP contribution in [0.25, 0.3) is 0 Å². The third-order valence-corrected chi connectivity index (χ3v) is 5.48. The maximum atomic E-state index is 2.34. The lowest BCUT2D eigenvalue weighted by Crippen LogP contribution is -2.21.